The van der Waals surface area contributed by atoms with E-state index in [-0.39, 0.29) is 30.2 Å². The Morgan fingerprint density at radius 1 is 0.453 bits per heavy atom. The smallest absolute Gasteiger partial charge is 0.0896 e. The Kier molecular flexibility index (Phi) is 17.3. The second-order valence-corrected chi connectivity index (χ2v) is 39.5. The molecule has 0 aliphatic rings. The van der Waals surface area contributed by atoms with E-state index in [9.17, 15) is 0 Å². The minimum absolute atomic E-state index is 0. The molecule has 0 spiro atoms. The number of benzene rings is 4. The van der Waals surface area contributed by atoms with Gasteiger partial charge in [0.05, 0.1) is 39.2 Å². The van der Waals surface area contributed by atoms with Crippen molar-refractivity contribution in [1.82, 2.24) is 0 Å². The first-order chi connectivity index (χ1) is 28.8. The Hall–Kier alpha value is -3.23. The average Bonchev–Trinajstić information content (AvgIpc) is 3.94. The molecule has 0 saturated heterocycles. The van der Waals surface area contributed by atoms with Crippen molar-refractivity contribution in [2.75, 3.05) is 0 Å². The topological polar surface area (TPSA) is 26.3 Å². The maximum absolute atomic E-state index is 5.90. The first-order valence-electron chi connectivity index (χ1n) is 22.2. The van der Waals surface area contributed by atoms with Gasteiger partial charge in [-0.2, -0.15) is 0 Å². The van der Waals surface area contributed by atoms with E-state index in [1.807, 2.05) is 26.0 Å². The Labute approximate surface area is 414 Å². The molecule has 2 heterocycles. The van der Waals surface area contributed by atoms with Gasteiger partial charge >= 0.3 is 41.9 Å². The Balaban J connectivity index is 0.000000252. The number of furan rings is 2. The summed E-state index contributed by atoms with van der Waals surface area (Å²) in [5.41, 5.74) is 19.1. The Morgan fingerprint density at radius 2 is 0.750 bits per heavy atom. The van der Waals surface area contributed by atoms with Crippen LogP contribution in [0, 0.1) is 69.2 Å². The summed E-state index contributed by atoms with van der Waals surface area (Å²) < 4.78 is 11.8. The molecule has 64 heavy (non-hydrogen) atoms. The monoisotopic (exact) mass is 1020 g/mol. The summed E-state index contributed by atoms with van der Waals surface area (Å²) in [7, 11) is -2.75. The molecule has 6 aromatic carbocycles. The third-order valence-electron chi connectivity index (χ3n) is 12.3. The standard InChI is InChI=1S/2C27H31OSi.C2H6Si.2ClH.Zr/c2*1-16-11-21-14-22(25-10-9-19(4)28-25)15-24(21)26(20(16)5)23-12-17(2)27(18(3)13-23)29(6,7)8;1-3-2;;;/h2*9-15H,1-8H3;1-2H3;2*1H;/q2*-1;;;;+2. The predicted molar refractivity (Wildman–Crippen MR) is 291 cm³/mol. The van der Waals surface area contributed by atoms with E-state index in [2.05, 4.69) is 181 Å². The van der Waals surface area contributed by atoms with Gasteiger partial charge in [-0.05, 0) is 116 Å². The minimum Gasteiger partial charge on any atom is -0.496 e. The normalized spacial score (nSPS) is 11.4. The zero-order valence-corrected chi connectivity index (χ0v) is 48.8. The quantitative estimate of drug-likeness (QED) is 0.123. The maximum Gasteiger partial charge on any atom is 0.0896 e. The van der Waals surface area contributed by atoms with E-state index in [4.69, 9.17) is 8.83 Å². The molecule has 0 amide bonds. The van der Waals surface area contributed by atoms with Gasteiger partial charge in [-0.1, -0.05) is 130 Å². The molecular formula is C56H70Cl2O2Si3Zr. The number of aryl methyl sites for hydroxylation is 8. The largest absolute Gasteiger partial charge is 0.496 e. The second-order valence-electron chi connectivity index (χ2n) is 20.2. The average molecular weight is 1020 g/mol. The van der Waals surface area contributed by atoms with E-state index in [1.54, 1.807) is 33.7 Å². The summed E-state index contributed by atoms with van der Waals surface area (Å²) in [6.45, 7) is 41.3. The van der Waals surface area contributed by atoms with E-state index in [0.717, 1.165) is 34.2 Å². The molecule has 0 aliphatic heterocycles. The van der Waals surface area contributed by atoms with Crippen LogP contribution in [0.25, 0.3) is 66.4 Å². The van der Waals surface area contributed by atoms with Crippen molar-refractivity contribution in [2.24, 2.45) is 0 Å². The van der Waals surface area contributed by atoms with Crippen LogP contribution in [0.4, 0.5) is 0 Å². The van der Waals surface area contributed by atoms with Crippen molar-refractivity contribution in [3.05, 3.63) is 141 Å². The van der Waals surface area contributed by atoms with Crippen LogP contribution < -0.4 is 10.4 Å². The van der Waals surface area contributed by atoms with Gasteiger partial charge in [-0.25, -0.2) is 0 Å². The Morgan fingerprint density at radius 3 is 1.00 bits per heavy atom. The Bertz CT molecular complexity index is 2730. The summed E-state index contributed by atoms with van der Waals surface area (Å²) >= 11 is 1.74. The molecule has 0 saturated carbocycles. The molecule has 336 valence electrons. The molecule has 8 heteroatoms. The maximum atomic E-state index is 5.90. The van der Waals surface area contributed by atoms with Gasteiger partial charge in [0.15, 0.2) is 0 Å². The molecule has 2 nitrogen and oxygen atoms in total. The van der Waals surface area contributed by atoms with Crippen LogP contribution in [0.2, 0.25) is 52.4 Å². The van der Waals surface area contributed by atoms with Gasteiger partial charge in [0, 0.05) is 0 Å². The molecule has 0 N–H and O–H groups in total. The van der Waals surface area contributed by atoms with Gasteiger partial charge in [-0.3, -0.25) is 0 Å². The van der Waals surface area contributed by atoms with Crippen LogP contribution in [0.1, 0.15) is 56.0 Å². The molecule has 0 atom stereocenters. The number of rotatable bonds is 6. The van der Waals surface area contributed by atoms with Crippen LogP contribution in [0.15, 0.2) is 93.8 Å². The van der Waals surface area contributed by atoms with Gasteiger partial charge < -0.3 is 8.83 Å². The summed E-state index contributed by atoms with van der Waals surface area (Å²) in [4.78, 5) is 0. The number of hydrogen-bond donors (Lipinski definition) is 0. The third kappa shape index (κ3) is 11.5. The SMILES string of the molecule is C[Si](C)=[Zr+2].Cc1ccc(-c2cc3c(-c4cc(C)c([Si](C)(C)C)c(C)c4)c(C)c(C)cc3[cH-]2)o1.Cc1ccc(-c2cc3c(-c4cc(C)c([Si](C)(C)C)c(C)c4)c(C)c(C)cc3[cH-]2)o1.Cl.Cl. The van der Waals surface area contributed by atoms with Gasteiger partial charge in [0.2, 0.25) is 0 Å². The van der Waals surface area contributed by atoms with Crippen molar-refractivity contribution in [1.29, 1.82) is 0 Å². The molecule has 8 rings (SSSR count). The summed E-state index contributed by atoms with van der Waals surface area (Å²) in [6.07, 6.45) is 0. The minimum atomic E-state index is -1.37. The molecule has 2 aromatic heterocycles. The first kappa shape index (κ1) is 53.4. The zero-order valence-electron chi connectivity index (χ0n) is 41.7. The summed E-state index contributed by atoms with van der Waals surface area (Å²) in [6, 6.07) is 31.6. The number of hydrogen-bond acceptors (Lipinski definition) is 2. The fraction of sp³-hybridized carbons (Fsp3) is 0.321. The van der Waals surface area contributed by atoms with Crippen molar-refractivity contribution < 1.29 is 32.2 Å². The van der Waals surface area contributed by atoms with Crippen LogP contribution >= 0.6 is 24.8 Å². The number of halogens is 2. The third-order valence-corrected chi connectivity index (χ3v) is 16.8. The van der Waals surface area contributed by atoms with Crippen molar-refractivity contribution in [2.45, 2.75) is 122 Å². The van der Waals surface area contributed by atoms with E-state index < -0.39 is 16.1 Å². The summed E-state index contributed by atoms with van der Waals surface area (Å²) in [5, 5.41) is 8.40. The van der Waals surface area contributed by atoms with Crippen molar-refractivity contribution in [3.63, 3.8) is 0 Å². The van der Waals surface area contributed by atoms with Crippen molar-refractivity contribution >= 4 is 78.3 Å². The molecule has 0 aliphatic carbocycles. The van der Waals surface area contributed by atoms with E-state index in [1.165, 1.54) is 88.3 Å². The van der Waals surface area contributed by atoms with Crippen LogP contribution in [0.5, 0.6) is 0 Å². The van der Waals surface area contributed by atoms with Gasteiger partial charge in [0.25, 0.3) is 0 Å². The van der Waals surface area contributed by atoms with Gasteiger partial charge in [0.1, 0.15) is 0 Å². The van der Waals surface area contributed by atoms with Crippen LogP contribution in [-0.4, -0.2) is 21.6 Å². The summed E-state index contributed by atoms with van der Waals surface area (Å²) in [5.74, 6) is 3.79. The second kappa shape index (κ2) is 20.7. The predicted octanol–water partition coefficient (Wildman–Crippen LogP) is 16.8. The number of fused-ring (bicyclic) bond motifs is 2. The molecule has 0 unspecified atom stereocenters. The molecule has 0 fully saturated rings. The molecule has 8 aromatic rings. The fourth-order valence-electron chi connectivity index (χ4n) is 9.99. The zero-order chi connectivity index (χ0) is 45.7. The van der Waals surface area contributed by atoms with E-state index in [0.29, 0.717) is 0 Å². The van der Waals surface area contributed by atoms with Gasteiger partial charge in [-0.15, -0.1) is 82.8 Å². The van der Waals surface area contributed by atoms with E-state index >= 15 is 0 Å². The molecular weight excluding hydrogens is 951 g/mol. The van der Waals surface area contributed by atoms with Crippen LogP contribution in [-0.2, 0) is 23.3 Å². The molecule has 0 bridgehead atoms. The fourth-order valence-corrected chi connectivity index (χ4v) is 15.0. The van der Waals surface area contributed by atoms with Crippen LogP contribution in [0.3, 0.4) is 0 Å². The van der Waals surface area contributed by atoms with Crippen molar-refractivity contribution in [3.8, 4) is 44.9 Å². The first-order valence-corrected chi connectivity index (χ1v) is 35.3. The molecule has 0 radical (unpaired) electrons.